The summed E-state index contributed by atoms with van der Waals surface area (Å²) in [6, 6.07) is 28.2. The van der Waals surface area contributed by atoms with Crippen LogP contribution in [0.1, 0.15) is 36.1 Å². The number of para-hydroxylation sites is 1. The molecule has 5 heteroatoms. The summed E-state index contributed by atoms with van der Waals surface area (Å²) in [6.07, 6.45) is 2.68. The Morgan fingerprint density at radius 2 is 1.53 bits per heavy atom. The van der Waals surface area contributed by atoms with Crippen LogP contribution in [0.2, 0.25) is 0 Å². The molecular weight excluding hydrogens is 396 g/mol. The van der Waals surface area contributed by atoms with Gasteiger partial charge >= 0.3 is 0 Å². The maximum atomic E-state index is 12.6. The van der Waals surface area contributed by atoms with Gasteiger partial charge in [-0.05, 0) is 24.6 Å². The van der Waals surface area contributed by atoms with E-state index >= 15 is 0 Å². The Kier molecular flexibility index (Phi) is 5.15. The van der Waals surface area contributed by atoms with Crippen LogP contribution < -0.4 is 0 Å². The molecule has 2 heterocycles. The Hall–Kier alpha value is -3.99. The van der Waals surface area contributed by atoms with Crippen LogP contribution in [0.15, 0.2) is 96.2 Å². The number of nitrogens with zero attached hydrogens (tertiary/aromatic N) is 4. The largest absolute Gasteiger partial charge is 0.273 e. The van der Waals surface area contributed by atoms with Crippen molar-refractivity contribution >= 4 is 11.6 Å². The Bertz CT molecular complexity index is 1270. The number of aryl methyl sites for hydroxylation is 1. The van der Waals surface area contributed by atoms with Crippen molar-refractivity contribution in [1.82, 2.24) is 14.8 Å². The van der Waals surface area contributed by atoms with Crippen LogP contribution in [0.4, 0.5) is 0 Å². The van der Waals surface area contributed by atoms with E-state index in [9.17, 15) is 4.79 Å². The monoisotopic (exact) mass is 420 g/mol. The number of hydrogen-bond acceptors (Lipinski definition) is 3. The van der Waals surface area contributed by atoms with Gasteiger partial charge in [0, 0.05) is 30.7 Å². The Labute approximate surface area is 187 Å². The Morgan fingerprint density at radius 3 is 2.19 bits per heavy atom. The van der Waals surface area contributed by atoms with E-state index in [0.717, 1.165) is 33.8 Å². The lowest BCUT2D eigenvalue weighted by Crippen LogP contribution is -2.24. The molecule has 5 nitrogen and oxygen atoms in total. The summed E-state index contributed by atoms with van der Waals surface area (Å²) in [7, 11) is 0. The fraction of sp³-hybridized carbons (Fsp3) is 0.148. The van der Waals surface area contributed by atoms with E-state index in [2.05, 4.69) is 43.3 Å². The van der Waals surface area contributed by atoms with Gasteiger partial charge in [-0.3, -0.25) is 4.79 Å². The molecule has 0 bridgehead atoms. The third-order valence-corrected chi connectivity index (χ3v) is 5.79. The third-order valence-electron chi connectivity index (χ3n) is 5.79. The predicted molar refractivity (Wildman–Crippen MR) is 127 cm³/mol. The van der Waals surface area contributed by atoms with Crippen LogP contribution in [-0.4, -0.2) is 26.4 Å². The quantitative estimate of drug-likeness (QED) is 0.435. The first kappa shape index (κ1) is 19.9. The smallest absolute Gasteiger partial charge is 0.240 e. The van der Waals surface area contributed by atoms with Crippen molar-refractivity contribution in [3.8, 4) is 16.9 Å². The summed E-state index contributed by atoms with van der Waals surface area (Å²) in [5.74, 6) is -0.0800. The lowest BCUT2D eigenvalue weighted by atomic mass is 9.96. The Morgan fingerprint density at radius 1 is 0.875 bits per heavy atom. The highest BCUT2D eigenvalue weighted by molar-refractivity contribution is 6.03. The molecule has 4 aromatic rings. The molecule has 1 unspecified atom stereocenters. The molecule has 0 aliphatic carbocycles. The predicted octanol–water partition coefficient (Wildman–Crippen LogP) is 5.55. The number of carbonyl (C=O) groups excluding carboxylic acids is 1. The number of carbonyl (C=O) groups is 1. The molecule has 0 spiro atoms. The second-order valence-corrected chi connectivity index (χ2v) is 8.08. The van der Waals surface area contributed by atoms with E-state index in [-0.39, 0.29) is 11.9 Å². The van der Waals surface area contributed by atoms with Gasteiger partial charge in [0.25, 0.3) is 0 Å². The number of hydrazone groups is 1. The van der Waals surface area contributed by atoms with Crippen LogP contribution in [0.5, 0.6) is 0 Å². The van der Waals surface area contributed by atoms with E-state index in [1.165, 1.54) is 5.56 Å². The number of hydrogen-bond donors (Lipinski definition) is 0. The van der Waals surface area contributed by atoms with Gasteiger partial charge < -0.3 is 0 Å². The van der Waals surface area contributed by atoms with Crippen molar-refractivity contribution in [2.24, 2.45) is 5.10 Å². The van der Waals surface area contributed by atoms with E-state index in [4.69, 9.17) is 10.2 Å². The van der Waals surface area contributed by atoms with Gasteiger partial charge in [-0.15, -0.1) is 0 Å². The molecule has 1 aliphatic rings. The highest BCUT2D eigenvalue weighted by Crippen LogP contribution is 2.38. The zero-order valence-corrected chi connectivity index (χ0v) is 18.1. The highest BCUT2D eigenvalue weighted by atomic mass is 16.2. The minimum Gasteiger partial charge on any atom is -0.273 e. The molecule has 3 aromatic carbocycles. The number of rotatable bonds is 4. The summed E-state index contributed by atoms with van der Waals surface area (Å²) in [6.45, 7) is 3.63. The number of benzene rings is 3. The van der Waals surface area contributed by atoms with Crippen LogP contribution >= 0.6 is 0 Å². The molecule has 0 radical (unpaired) electrons. The molecule has 5 rings (SSSR count). The van der Waals surface area contributed by atoms with Gasteiger partial charge in [0.05, 0.1) is 23.1 Å². The second kappa shape index (κ2) is 8.27. The summed E-state index contributed by atoms with van der Waals surface area (Å²) in [5.41, 5.74) is 7.00. The van der Waals surface area contributed by atoms with Crippen molar-refractivity contribution in [3.63, 3.8) is 0 Å². The first-order valence-corrected chi connectivity index (χ1v) is 10.7. The lowest BCUT2D eigenvalue weighted by Gasteiger charge is -2.20. The van der Waals surface area contributed by atoms with Crippen molar-refractivity contribution in [2.75, 3.05) is 0 Å². The molecule has 1 atom stereocenters. The SMILES string of the molecule is CC(=O)N1N=C(c2ccc(C)cc2)CC1c1cn(-c2ccccc2)nc1-c1ccccc1. The molecular formula is C27H24N4O. The molecule has 0 saturated heterocycles. The standard InChI is InChI=1S/C27H24N4O/c1-19-13-15-21(16-14-19)25-17-26(31(28-25)20(2)32)24-18-30(23-11-7-4-8-12-23)29-27(24)22-9-5-3-6-10-22/h3-16,18,26H,17H2,1-2H3. The molecule has 1 aliphatic heterocycles. The molecule has 1 aromatic heterocycles. The number of aromatic nitrogens is 2. The van der Waals surface area contributed by atoms with E-state index in [1.807, 2.05) is 59.4 Å². The summed E-state index contributed by atoms with van der Waals surface area (Å²) < 4.78 is 1.89. The minimum absolute atomic E-state index is 0.0800. The third kappa shape index (κ3) is 3.73. The van der Waals surface area contributed by atoms with E-state index in [1.54, 1.807) is 11.9 Å². The van der Waals surface area contributed by atoms with Crippen molar-refractivity contribution in [2.45, 2.75) is 26.3 Å². The number of amides is 1. The van der Waals surface area contributed by atoms with E-state index in [0.29, 0.717) is 6.42 Å². The highest BCUT2D eigenvalue weighted by Gasteiger charge is 2.34. The molecule has 158 valence electrons. The van der Waals surface area contributed by atoms with Gasteiger partial charge in [0.1, 0.15) is 0 Å². The van der Waals surface area contributed by atoms with Crippen molar-refractivity contribution in [1.29, 1.82) is 0 Å². The second-order valence-electron chi connectivity index (χ2n) is 8.08. The Balaban J connectivity index is 1.60. The topological polar surface area (TPSA) is 50.5 Å². The normalized spacial score (nSPS) is 15.6. The molecule has 1 amide bonds. The van der Waals surface area contributed by atoms with Crippen LogP contribution in [0, 0.1) is 6.92 Å². The maximum absolute atomic E-state index is 12.6. The fourth-order valence-corrected chi connectivity index (χ4v) is 4.13. The average Bonchev–Trinajstić information content (AvgIpc) is 3.46. The van der Waals surface area contributed by atoms with Crippen LogP contribution in [-0.2, 0) is 4.79 Å². The molecule has 0 saturated carbocycles. The summed E-state index contributed by atoms with van der Waals surface area (Å²) in [4.78, 5) is 12.6. The molecule has 0 fully saturated rings. The van der Waals surface area contributed by atoms with Gasteiger partial charge in [-0.1, -0.05) is 78.4 Å². The van der Waals surface area contributed by atoms with Crippen molar-refractivity contribution < 1.29 is 4.79 Å². The average molecular weight is 421 g/mol. The van der Waals surface area contributed by atoms with Gasteiger partial charge in [-0.25, -0.2) is 9.69 Å². The lowest BCUT2D eigenvalue weighted by molar-refractivity contribution is -0.130. The van der Waals surface area contributed by atoms with Gasteiger partial charge in [-0.2, -0.15) is 10.2 Å². The zero-order valence-electron chi connectivity index (χ0n) is 18.1. The first-order chi connectivity index (χ1) is 15.6. The summed E-state index contributed by atoms with van der Waals surface area (Å²) >= 11 is 0. The minimum atomic E-state index is -0.212. The zero-order chi connectivity index (χ0) is 22.1. The van der Waals surface area contributed by atoms with Crippen LogP contribution in [0.25, 0.3) is 16.9 Å². The molecule has 0 N–H and O–H groups in total. The van der Waals surface area contributed by atoms with Gasteiger partial charge in [0.15, 0.2) is 0 Å². The fourth-order valence-electron chi connectivity index (χ4n) is 4.13. The van der Waals surface area contributed by atoms with Crippen LogP contribution in [0.3, 0.4) is 0 Å². The summed E-state index contributed by atoms with van der Waals surface area (Å²) in [5, 5.41) is 11.3. The van der Waals surface area contributed by atoms with Gasteiger partial charge in [0.2, 0.25) is 5.91 Å². The maximum Gasteiger partial charge on any atom is 0.240 e. The molecule has 32 heavy (non-hydrogen) atoms. The first-order valence-electron chi connectivity index (χ1n) is 10.7. The van der Waals surface area contributed by atoms with Crippen molar-refractivity contribution in [3.05, 3.63) is 108 Å². The van der Waals surface area contributed by atoms with E-state index < -0.39 is 0 Å².